The summed E-state index contributed by atoms with van der Waals surface area (Å²) in [6.45, 7) is 5.32. The highest BCUT2D eigenvalue weighted by Crippen LogP contribution is 2.42. The highest BCUT2D eigenvalue weighted by Gasteiger charge is 2.28. The molecule has 15 heavy (non-hydrogen) atoms. The van der Waals surface area contributed by atoms with Crippen LogP contribution in [0.25, 0.3) is 0 Å². The lowest BCUT2D eigenvalue weighted by atomic mass is 9.73. The van der Waals surface area contributed by atoms with E-state index in [9.17, 15) is 0 Å². The van der Waals surface area contributed by atoms with Crippen molar-refractivity contribution in [2.75, 3.05) is 0 Å². The summed E-state index contributed by atoms with van der Waals surface area (Å²) in [5.41, 5.74) is 7.18. The number of aromatic nitrogens is 1. The van der Waals surface area contributed by atoms with E-state index in [-0.39, 0.29) is 0 Å². The van der Waals surface area contributed by atoms with Gasteiger partial charge in [-0.15, -0.1) is 11.3 Å². The second kappa shape index (κ2) is 4.22. The zero-order chi connectivity index (χ0) is 10.9. The zero-order valence-electron chi connectivity index (χ0n) is 9.62. The quantitative estimate of drug-likeness (QED) is 0.837. The van der Waals surface area contributed by atoms with Crippen molar-refractivity contribution in [3.8, 4) is 0 Å². The smallest absolute Gasteiger partial charge is 0.0959 e. The molecule has 0 unspecified atom stereocenters. The van der Waals surface area contributed by atoms with Crippen LogP contribution < -0.4 is 5.73 Å². The molecule has 0 saturated heterocycles. The van der Waals surface area contributed by atoms with Crippen molar-refractivity contribution in [3.05, 3.63) is 16.1 Å². The molecule has 2 N–H and O–H groups in total. The summed E-state index contributed by atoms with van der Waals surface area (Å²) in [5.74, 6) is 0.698. The monoisotopic (exact) mass is 224 g/mol. The molecule has 0 atom stereocenters. The molecule has 1 fully saturated rings. The van der Waals surface area contributed by atoms with Crippen LogP contribution in [0.2, 0.25) is 0 Å². The molecule has 0 amide bonds. The second-order valence-corrected chi connectivity index (χ2v) is 6.21. The van der Waals surface area contributed by atoms with Crippen molar-refractivity contribution >= 4 is 11.3 Å². The summed E-state index contributed by atoms with van der Waals surface area (Å²) in [4.78, 5) is 4.59. The van der Waals surface area contributed by atoms with Crippen molar-refractivity contribution in [2.24, 2.45) is 11.1 Å². The van der Waals surface area contributed by atoms with Crippen molar-refractivity contribution < 1.29 is 0 Å². The average molecular weight is 224 g/mol. The Hall–Kier alpha value is -0.410. The van der Waals surface area contributed by atoms with Gasteiger partial charge in [-0.05, 0) is 31.1 Å². The zero-order valence-corrected chi connectivity index (χ0v) is 10.4. The lowest BCUT2D eigenvalue weighted by molar-refractivity contribution is 0.224. The molecule has 2 nitrogen and oxygen atoms in total. The predicted molar refractivity (Wildman–Crippen MR) is 65.0 cm³/mol. The van der Waals surface area contributed by atoms with Crippen LogP contribution in [-0.4, -0.2) is 4.98 Å². The summed E-state index contributed by atoms with van der Waals surface area (Å²) < 4.78 is 0. The Balaban J connectivity index is 2.01. The van der Waals surface area contributed by atoms with Crippen LogP contribution in [0.15, 0.2) is 5.38 Å². The summed E-state index contributed by atoms with van der Waals surface area (Å²) in [6.07, 6.45) is 5.25. The maximum atomic E-state index is 5.58. The first-order valence-electron chi connectivity index (χ1n) is 5.75. The summed E-state index contributed by atoms with van der Waals surface area (Å²) in [7, 11) is 0. The van der Waals surface area contributed by atoms with Gasteiger partial charge in [-0.3, -0.25) is 0 Å². The number of nitrogens with two attached hydrogens (primary N) is 1. The van der Waals surface area contributed by atoms with Crippen molar-refractivity contribution in [2.45, 2.75) is 52.0 Å². The number of thiazole rings is 1. The molecule has 1 aromatic rings. The largest absolute Gasteiger partial charge is 0.325 e. The number of hydrogen-bond acceptors (Lipinski definition) is 3. The Kier molecular flexibility index (Phi) is 3.12. The van der Waals surface area contributed by atoms with E-state index >= 15 is 0 Å². The van der Waals surface area contributed by atoms with Gasteiger partial charge in [0.1, 0.15) is 0 Å². The van der Waals surface area contributed by atoms with Crippen LogP contribution >= 0.6 is 11.3 Å². The predicted octanol–water partition coefficient (Wildman–Crippen LogP) is 3.29. The van der Waals surface area contributed by atoms with Crippen LogP contribution in [0, 0.1) is 5.41 Å². The van der Waals surface area contributed by atoms with Gasteiger partial charge in [0.05, 0.1) is 10.7 Å². The minimum Gasteiger partial charge on any atom is -0.325 e. The molecule has 0 aromatic carbocycles. The SMILES string of the molecule is CC1(C)CCC(c2nc(CN)cs2)CC1. The molecule has 3 heteroatoms. The van der Waals surface area contributed by atoms with Gasteiger partial charge < -0.3 is 5.73 Å². The minimum absolute atomic E-state index is 0.546. The molecule has 1 aliphatic carbocycles. The fraction of sp³-hybridized carbons (Fsp3) is 0.750. The van der Waals surface area contributed by atoms with Gasteiger partial charge in [-0.1, -0.05) is 13.8 Å². The Morgan fingerprint density at radius 3 is 2.67 bits per heavy atom. The summed E-state index contributed by atoms with van der Waals surface area (Å²) in [5, 5.41) is 3.42. The van der Waals surface area contributed by atoms with E-state index < -0.39 is 0 Å². The van der Waals surface area contributed by atoms with Gasteiger partial charge in [-0.2, -0.15) is 0 Å². The molecule has 1 saturated carbocycles. The molecular formula is C12H20N2S. The number of nitrogens with zero attached hydrogens (tertiary/aromatic N) is 1. The molecule has 1 aromatic heterocycles. The molecule has 0 bridgehead atoms. The molecule has 0 spiro atoms. The normalized spacial score (nSPS) is 21.8. The van der Waals surface area contributed by atoms with E-state index in [1.807, 2.05) is 0 Å². The molecule has 2 rings (SSSR count). The van der Waals surface area contributed by atoms with Crippen LogP contribution in [-0.2, 0) is 6.54 Å². The van der Waals surface area contributed by atoms with E-state index in [1.165, 1.54) is 30.7 Å². The highest BCUT2D eigenvalue weighted by molar-refractivity contribution is 7.09. The van der Waals surface area contributed by atoms with Gasteiger partial charge in [0, 0.05) is 17.8 Å². The third kappa shape index (κ3) is 2.58. The lowest BCUT2D eigenvalue weighted by Crippen LogP contribution is -2.20. The first kappa shape index (κ1) is 11.1. The van der Waals surface area contributed by atoms with Gasteiger partial charge in [-0.25, -0.2) is 4.98 Å². The van der Waals surface area contributed by atoms with E-state index in [4.69, 9.17) is 5.73 Å². The fourth-order valence-corrected chi connectivity index (χ4v) is 3.25. The Morgan fingerprint density at radius 1 is 1.47 bits per heavy atom. The highest BCUT2D eigenvalue weighted by atomic mass is 32.1. The first-order valence-corrected chi connectivity index (χ1v) is 6.63. The van der Waals surface area contributed by atoms with Crippen molar-refractivity contribution in [1.82, 2.24) is 4.98 Å². The van der Waals surface area contributed by atoms with Gasteiger partial charge in [0.25, 0.3) is 0 Å². The van der Waals surface area contributed by atoms with Gasteiger partial charge in [0.2, 0.25) is 0 Å². The van der Waals surface area contributed by atoms with E-state index in [1.54, 1.807) is 11.3 Å². The Morgan fingerprint density at radius 2 is 2.13 bits per heavy atom. The Bertz CT molecular complexity index is 320. The fourth-order valence-electron chi connectivity index (χ4n) is 2.25. The molecule has 0 aliphatic heterocycles. The second-order valence-electron chi connectivity index (χ2n) is 5.32. The number of rotatable bonds is 2. The van der Waals surface area contributed by atoms with Crippen LogP contribution in [0.3, 0.4) is 0 Å². The van der Waals surface area contributed by atoms with Crippen molar-refractivity contribution in [3.63, 3.8) is 0 Å². The van der Waals surface area contributed by atoms with E-state index in [0.717, 1.165) is 5.69 Å². The lowest BCUT2D eigenvalue weighted by Gasteiger charge is -2.33. The third-order valence-corrected chi connectivity index (χ3v) is 4.52. The summed E-state index contributed by atoms with van der Waals surface area (Å²) in [6, 6.07) is 0. The van der Waals surface area contributed by atoms with E-state index in [2.05, 4.69) is 24.2 Å². The number of hydrogen-bond donors (Lipinski definition) is 1. The molecule has 1 heterocycles. The summed E-state index contributed by atoms with van der Waals surface area (Å²) >= 11 is 1.79. The molecule has 84 valence electrons. The molecule has 1 aliphatic rings. The minimum atomic E-state index is 0.546. The van der Waals surface area contributed by atoms with Crippen LogP contribution in [0.1, 0.15) is 56.2 Å². The Labute approximate surface area is 95.9 Å². The average Bonchev–Trinajstić information content (AvgIpc) is 2.66. The first-order chi connectivity index (χ1) is 7.11. The van der Waals surface area contributed by atoms with Crippen LogP contribution in [0.4, 0.5) is 0 Å². The van der Waals surface area contributed by atoms with Crippen molar-refractivity contribution in [1.29, 1.82) is 0 Å². The maximum Gasteiger partial charge on any atom is 0.0959 e. The topological polar surface area (TPSA) is 38.9 Å². The van der Waals surface area contributed by atoms with E-state index in [0.29, 0.717) is 17.9 Å². The van der Waals surface area contributed by atoms with Gasteiger partial charge in [0.15, 0.2) is 0 Å². The third-order valence-electron chi connectivity index (χ3n) is 3.47. The maximum absolute atomic E-state index is 5.58. The van der Waals surface area contributed by atoms with Crippen LogP contribution in [0.5, 0.6) is 0 Å². The standard InChI is InChI=1S/C12H20N2S/c1-12(2)5-3-9(4-6-12)11-14-10(7-13)8-15-11/h8-9H,3-7,13H2,1-2H3. The molecular weight excluding hydrogens is 204 g/mol. The molecule has 0 radical (unpaired) electrons. The van der Waals surface area contributed by atoms with Gasteiger partial charge >= 0.3 is 0 Å².